The second kappa shape index (κ2) is 13.6. The summed E-state index contributed by atoms with van der Waals surface area (Å²) in [5.41, 5.74) is 1.77. The molecule has 0 aliphatic rings. The molecule has 0 radical (unpaired) electrons. The van der Waals surface area contributed by atoms with E-state index in [-0.39, 0.29) is 54.6 Å². The van der Waals surface area contributed by atoms with Crippen molar-refractivity contribution >= 4 is 17.9 Å². The lowest BCUT2D eigenvalue weighted by Crippen LogP contribution is -2.15. The quantitative estimate of drug-likeness (QED) is 0.161. The monoisotopic (exact) mass is 512 g/mol. The summed E-state index contributed by atoms with van der Waals surface area (Å²) in [4.78, 5) is 34.8. The lowest BCUT2D eigenvalue weighted by molar-refractivity contribution is -0.140. The number of hydrogen-bond donors (Lipinski definition) is 0. The molecule has 0 spiro atoms. The van der Waals surface area contributed by atoms with Gasteiger partial charge in [0, 0.05) is 16.7 Å². The average Bonchev–Trinajstić information content (AvgIpc) is 2.85. The Balaban J connectivity index is 2.22. The van der Waals surface area contributed by atoms with Crippen molar-refractivity contribution in [3.05, 3.63) is 78.7 Å². The lowest BCUT2D eigenvalue weighted by atomic mass is 10.0. The van der Waals surface area contributed by atoms with Gasteiger partial charge in [-0.1, -0.05) is 31.9 Å². The maximum atomic E-state index is 15.1. The minimum atomic E-state index is -0.726. The molecule has 0 N–H and O–H groups in total. The van der Waals surface area contributed by atoms with E-state index in [4.69, 9.17) is 23.7 Å². The Morgan fingerprint density at radius 3 is 1.73 bits per heavy atom. The van der Waals surface area contributed by atoms with E-state index in [2.05, 4.69) is 19.7 Å². The first-order valence-corrected chi connectivity index (χ1v) is 11.2. The number of esters is 3. The molecule has 0 saturated heterocycles. The van der Waals surface area contributed by atoms with Crippen LogP contribution in [0.3, 0.4) is 0 Å². The van der Waals surface area contributed by atoms with Crippen molar-refractivity contribution in [3.8, 4) is 28.4 Å². The molecule has 0 aliphatic carbocycles. The second-order valence-corrected chi connectivity index (χ2v) is 8.01. The SMILES string of the molecule is C=C(C)C(=O)OCCOc1cc(-c2ccc(OC(=O)C(=C)C)cc2)cc(F)c1OCCOC(=O)C(=C)C. The Hall–Kier alpha value is -4.40. The fourth-order valence-corrected chi connectivity index (χ4v) is 2.70. The van der Waals surface area contributed by atoms with Gasteiger partial charge in [-0.05, 0) is 56.2 Å². The number of carbonyl (C=O) groups is 3. The number of benzene rings is 2. The zero-order valence-electron chi connectivity index (χ0n) is 21.1. The Kier molecular flexibility index (Phi) is 10.6. The molecule has 2 aromatic carbocycles. The van der Waals surface area contributed by atoms with Gasteiger partial charge in [0.1, 0.15) is 32.2 Å². The summed E-state index contributed by atoms with van der Waals surface area (Å²) in [7, 11) is 0. The molecule has 9 heteroatoms. The van der Waals surface area contributed by atoms with Crippen LogP contribution in [0.5, 0.6) is 17.2 Å². The zero-order chi connectivity index (χ0) is 27.5. The van der Waals surface area contributed by atoms with Crippen molar-refractivity contribution in [2.24, 2.45) is 0 Å². The molecule has 8 nitrogen and oxygen atoms in total. The summed E-state index contributed by atoms with van der Waals surface area (Å²) < 4.78 is 41.4. The maximum absolute atomic E-state index is 15.1. The Labute approximate surface area is 214 Å². The molecule has 0 fully saturated rings. The second-order valence-electron chi connectivity index (χ2n) is 8.01. The summed E-state index contributed by atoms with van der Waals surface area (Å²) >= 11 is 0. The van der Waals surface area contributed by atoms with Gasteiger partial charge in [-0.2, -0.15) is 0 Å². The van der Waals surface area contributed by atoms with E-state index in [0.717, 1.165) is 0 Å². The third kappa shape index (κ3) is 8.96. The van der Waals surface area contributed by atoms with Crippen LogP contribution in [-0.4, -0.2) is 44.3 Å². The maximum Gasteiger partial charge on any atom is 0.338 e. The number of halogens is 1. The van der Waals surface area contributed by atoms with Crippen molar-refractivity contribution in [2.75, 3.05) is 26.4 Å². The van der Waals surface area contributed by atoms with Crippen LogP contribution in [0.4, 0.5) is 4.39 Å². The largest absolute Gasteiger partial charge is 0.486 e. The number of carbonyl (C=O) groups excluding carboxylic acids is 3. The van der Waals surface area contributed by atoms with Crippen LogP contribution in [-0.2, 0) is 23.9 Å². The Bertz CT molecular complexity index is 1200. The highest BCUT2D eigenvalue weighted by atomic mass is 19.1. The predicted octanol–water partition coefficient (Wildman–Crippen LogP) is 4.97. The number of hydrogen-bond acceptors (Lipinski definition) is 8. The molecule has 0 atom stereocenters. The third-order valence-electron chi connectivity index (χ3n) is 4.59. The molecule has 0 unspecified atom stereocenters. The van der Waals surface area contributed by atoms with E-state index in [9.17, 15) is 14.4 Å². The van der Waals surface area contributed by atoms with Crippen molar-refractivity contribution in [3.63, 3.8) is 0 Å². The van der Waals surface area contributed by atoms with Crippen LogP contribution in [0.15, 0.2) is 72.9 Å². The molecule has 2 aromatic rings. The van der Waals surface area contributed by atoms with Gasteiger partial charge in [0.15, 0.2) is 17.3 Å². The van der Waals surface area contributed by atoms with E-state index in [1.165, 1.54) is 26.8 Å². The van der Waals surface area contributed by atoms with Crippen molar-refractivity contribution < 1.29 is 42.5 Å². The summed E-state index contributed by atoms with van der Waals surface area (Å²) in [6.07, 6.45) is 0. The first-order chi connectivity index (χ1) is 17.5. The molecular formula is C28H29FO8. The van der Waals surface area contributed by atoms with Crippen molar-refractivity contribution in [2.45, 2.75) is 20.8 Å². The Morgan fingerprint density at radius 2 is 1.22 bits per heavy atom. The van der Waals surface area contributed by atoms with E-state index in [0.29, 0.717) is 16.9 Å². The molecular weight excluding hydrogens is 483 g/mol. The van der Waals surface area contributed by atoms with Gasteiger partial charge < -0.3 is 23.7 Å². The Morgan fingerprint density at radius 1 is 0.703 bits per heavy atom. The van der Waals surface area contributed by atoms with Gasteiger partial charge in [-0.25, -0.2) is 18.8 Å². The molecule has 0 saturated carbocycles. The fraction of sp³-hybridized carbons (Fsp3) is 0.250. The normalized spacial score (nSPS) is 10.2. The minimum Gasteiger partial charge on any atom is -0.486 e. The van der Waals surface area contributed by atoms with Crippen LogP contribution in [0.25, 0.3) is 11.1 Å². The zero-order valence-corrected chi connectivity index (χ0v) is 21.1. The first kappa shape index (κ1) is 28.8. The van der Waals surface area contributed by atoms with Gasteiger partial charge in [0.2, 0.25) is 0 Å². The molecule has 0 amide bonds. The molecule has 0 bridgehead atoms. The molecule has 0 heterocycles. The van der Waals surface area contributed by atoms with Gasteiger partial charge in [-0.3, -0.25) is 0 Å². The highest BCUT2D eigenvalue weighted by Gasteiger charge is 2.17. The van der Waals surface area contributed by atoms with Gasteiger partial charge in [-0.15, -0.1) is 0 Å². The van der Waals surface area contributed by atoms with Crippen LogP contribution in [0.2, 0.25) is 0 Å². The van der Waals surface area contributed by atoms with Crippen LogP contribution in [0, 0.1) is 5.82 Å². The van der Waals surface area contributed by atoms with Gasteiger partial charge >= 0.3 is 17.9 Å². The summed E-state index contributed by atoms with van der Waals surface area (Å²) in [6.45, 7) is 14.6. The molecule has 196 valence electrons. The third-order valence-corrected chi connectivity index (χ3v) is 4.59. The van der Waals surface area contributed by atoms with Gasteiger partial charge in [0.05, 0.1) is 0 Å². The minimum absolute atomic E-state index is 0.0467. The molecule has 0 aliphatic heterocycles. The smallest absolute Gasteiger partial charge is 0.338 e. The summed E-state index contributed by atoms with van der Waals surface area (Å²) in [5, 5.41) is 0. The van der Waals surface area contributed by atoms with Crippen LogP contribution >= 0.6 is 0 Å². The van der Waals surface area contributed by atoms with E-state index in [1.807, 2.05) is 0 Å². The van der Waals surface area contributed by atoms with Crippen molar-refractivity contribution in [1.29, 1.82) is 0 Å². The van der Waals surface area contributed by atoms with Crippen LogP contribution < -0.4 is 14.2 Å². The molecule has 2 rings (SSSR count). The van der Waals surface area contributed by atoms with Crippen molar-refractivity contribution in [1.82, 2.24) is 0 Å². The first-order valence-electron chi connectivity index (χ1n) is 11.2. The fourth-order valence-electron chi connectivity index (χ4n) is 2.70. The topological polar surface area (TPSA) is 97.4 Å². The number of rotatable bonds is 13. The van der Waals surface area contributed by atoms with Gasteiger partial charge in [0.25, 0.3) is 0 Å². The molecule has 0 aromatic heterocycles. The highest BCUT2D eigenvalue weighted by Crippen LogP contribution is 2.36. The predicted molar refractivity (Wildman–Crippen MR) is 135 cm³/mol. The van der Waals surface area contributed by atoms with E-state index < -0.39 is 23.7 Å². The van der Waals surface area contributed by atoms with Crippen LogP contribution in [0.1, 0.15) is 20.8 Å². The summed E-state index contributed by atoms with van der Waals surface area (Å²) in [6, 6.07) is 9.21. The lowest BCUT2D eigenvalue weighted by Gasteiger charge is -2.16. The van der Waals surface area contributed by atoms with E-state index in [1.54, 1.807) is 30.3 Å². The number of ether oxygens (including phenoxy) is 5. The molecule has 37 heavy (non-hydrogen) atoms. The van der Waals surface area contributed by atoms with E-state index >= 15 is 4.39 Å². The summed E-state index contributed by atoms with van der Waals surface area (Å²) in [5.74, 6) is -2.30. The standard InChI is InChI=1S/C28H29FO8/c1-17(2)26(30)35-13-11-33-24-16-21(20-7-9-22(10-8-20)37-28(32)19(5)6)15-23(29)25(24)34-12-14-36-27(31)18(3)4/h7-10,15-16H,1,3,5,11-14H2,2,4,6H3. The highest BCUT2D eigenvalue weighted by molar-refractivity contribution is 5.89. The average molecular weight is 513 g/mol.